The summed E-state index contributed by atoms with van der Waals surface area (Å²) in [7, 11) is 0. The van der Waals surface area contributed by atoms with Crippen LogP contribution in [0.25, 0.3) is 0 Å². The summed E-state index contributed by atoms with van der Waals surface area (Å²) in [5.41, 5.74) is 0.644. The van der Waals surface area contributed by atoms with Gasteiger partial charge in [0.2, 0.25) is 0 Å². The summed E-state index contributed by atoms with van der Waals surface area (Å²) in [6, 6.07) is 5.51. The summed E-state index contributed by atoms with van der Waals surface area (Å²) in [4.78, 5) is 11.7. The van der Waals surface area contributed by atoms with E-state index >= 15 is 0 Å². The largest absolute Gasteiger partial charge is 0.371 e. The van der Waals surface area contributed by atoms with Crippen LogP contribution in [0.5, 0.6) is 0 Å². The van der Waals surface area contributed by atoms with Gasteiger partial charge in [0.05, 0.1) is 6.10 Å². The van der Waals surface area contributed by atoms with Gasteiger partial charge in [-0.05, 0) is 32.0 Å². The van der Waals surface area contributed by atoms with Crippen LogP contribution in [-0.2, 0) is 4.74 Å². The Labute approximate surface area is 106 Å². The Kier molecular flexibility index (Phi) is 4.96. The number of hydrogen-bond donors (Lipinski definition) is 0. The minimum absolute atomic E-state index is 0.0168. The number of benzene rings is 1. The van der Waals surface area contributed by atoms with Crippen LogP contribution in [0, 0.1) is 0 Å². The molecule has 1 rings (SSSR count). The van der Waals surface area contributed by atoms with Crippen LogP contribution in [0.4, 0.5) is 0 Å². The lowest BCUT2D eigenvalue weighted by Gasteiger charge is -2.08. The van der Waals surface area contributed by atoms with Crippen molar-refractivity contribution in [3.8, 4) is 0 Å². The van der Waals surface area contributed by atoms with Gasteiger partial charge in [0, 0.05) is 14.5 Å². The van der Waals surface area contributed by atoms with E-state index in [-0.39, 0.29) is 18.5 Å². The summed E-state index contributed by atoms with van der Waals surface area (Å²) in [5.74, 6) is -0.0168. The summed E-state index contributed by atoms with van der Waals surface area (Å²) >= 11 is 6.67. The third kappa shape index (κ3) is 4.05. The number of hydrogen-bond acceptors (Lipinski definition) is 2. The molecule has 1 aromatic rings. The Morgan fingerprint density at radius 3 is 2.67 bits per heavy atom. The highest BCUT2D eigenvalue weighted by molar-refractivity contribution is 9.11. The van der Waals surface area contributed by atoms with Crippen LogP contribution >= 0.6 is 31.9 Å². The van der Waals surface area contributed by atoms with Crippen LogP contribution in [0.1, 0.15) is 24.2 Å². The van der Waals surface area contributed by atoms with Crippen molar-refractivity contribution in [3.63, 3.8) is 0 Å². The first kappa shape index (κ1) is 12.9. The Balaban J connectivity index is 2.77. The van der Waals surface area contributed by atoms with Crippen LogP contribution in [0.3, 0.4) is 0 Å². The molecule has 0 aliphatic rings. The molecule has 0 bridgehead atoms. The molecule has 2 nitrogen and oxygen atoms in total. The molecular weight excluding hydrogens is 324 g/mol. The molecular formula is C11H12Br2O2. The molecule has 0 unspecified atom stereocenters. The Morgan fingerprint density at radius 1 is 1.40 bits per heavy atom. The number of halogens is 2. The van der Waals surface area contributed by atoms with Crippen molar-refractivity contribution in [2.75, 3.05) is 6.61 Å². The van der Waals surface area contributed by atoms with E-state index in [1.165, 1.54) is 0 Å². The Bertz CT molecular complexity index is 362. The van der Waals surface area contributed by atoms with Crippen LogP contribution in [-0.4, -0.2) is 18.5 Å². The van der Waals surface area contributed by atoms with Gasteiger partial charge in [0.15, 0.2) is 5.78 Å². The molecule has 0 spiro atoms. The average Bonchev–Trinajstić information content (AvgIpc) is 2.18. The maximum Gasteiger partial charge on any atom is 0.189 e. The van der Waals surface area contributed by atoms with E-state index < -0.39 is 0 Å². The maximum absolute atomic E-state index is 11.7. The van der Waals surface area contributed by atoms with E-state index in [0.717, 1.165) is 8.95 Å². The van der Waals surface area contributed by atoms with Crippen molar-refractivity contribution in [1.29, 1.82) is 0 Å². The van der Waals surface area contributed by atoms with Crippen molar-refractivity contribution >= 4 is 37.6 Å². The normalized spacial score (nSPS) is 10.7. The molecule has 1 aromatic carbocycles. The molecule has 0 saturated heterocycles. The molecule has 0 aliphatic carbocycles. The lowest BCUT2D eigenvalue weighted by Crippen LogP contribution is -2.13. The van der Waals surface area contributed by atoms with Gasteiger partial charge in [-0.25, -0.2) is 0 Å². The van der Waals surface area contributed by atoms with Crippen molar-refractivity contribution in [2.45, 2.75) is 20.0 Å². The van der Waals surface area contributed by atoms with E-state index in [1.54, 1.807) is 6.07 Å². The maximum atomic E-state index is 11.7. The monoisotopic (exact) mass is 334 g/mol. The molecule has 0 amide bonds. The van der Waals surface area contributed by atoms with Gasteiger partial charge in [-0.1, -0.05) is 31.9 Å². The van der Waals surface area contributed by atoms with Gasteiger partial charge in [0.25, 0.3) is 0 Å². The van der Waals surface area contributed by atoms with Crippen molar-refractivity contribution in [1.82, 2.24) is 0 Å². The Hall–Kier alpha value is -0.190. The fourth-order valence-corrected chi connectivity index (χ4v) is 1.86. The molecule has 0 N–H and O–H groups in total. The SMILES string of the molecule is CC(C)OCC(=O)c1cc(Br)ccc1Br. The lowest BCUT2D eigenvalue weighted by atomic mass is 10.1. The predicted molar refractivity (Wildman–Crippen MR) is 67.3 cm³/mol. The second-order valence-corrected chi connectivity index (χ2v) is 5.18. The second-order valence-electron chi connectivity index (χ2n) is 3.41. The molecule has 0 radical (unpaired) electrons. The average molecular weight is 336 g/mol. The van der Waals surface area contributed by atoms with E-state index in [9.17, 15) is 4.79 Å². The number of carbonyl (C=O) groups excluding carboxylic acids is 1. The lowest BCUT2D eigenvalue weighted by molar-refractivity contribution is 0.0584. The standard InChI is InChI=1S/C11H12Br2O2/c1-7(2)15-6-11(14)9-5-8(12)3-4-10(9)13/h3-5,7H,6H2,1-2H3. The van der Waals surface area contributed by atoms with Gasteiger partial charge >= 0.3 is 0 Å². The summed E-state index contributed by atoms with van der Waals surface area (Å²) < 4.78 is 6.95. The molecule has 0 atom stereocenters. The zero-order chi connectivity index (χ0) is 11.4. The van der Waals surface area contributed by atoms with E-state index in [0.29, 0.717) is 5.56 Å². The van der Waals surface area contributed by atoms with E-state index in [2.05, 4.69) is 31.9 Å². The van der Waals surface area contributed by atoms with Gasteiger partial charge in [-0.3, -0.25) is 4.79 Å². The fourth-order valence-electron chi connectivity index (χ4n) is 1.03. The molecule has 0 saturated carbocycles. The smallest absolute Gasteiger partial charge is 0.189 e. The molecule has 4 heteroatoms. The Morgan fingerprint density at radius 2 is 2.07 bits per heavy atom. The summed E-state index contributed by atoms with van der Waals surface area (Å²) in [6.07, 6.45) is 0.0693. The molecule has 82 valence electrons. The van der Waals surface area contributed by atoms with Crippen molar-refractivity contribution in [2.24, 2.45) is 0 Å². The number of rotatable bonds is 4. The third-order valence-corrected chi connectivity index (χ3v) is 2.96. The van der Waals surface area contributed by atoms with Gasteiger partial charge in [-0.2, -0.15) is 0 Å². The number of Topliss-reactive ketones (excluding diaryl/α,β-unsaturated/α-hetero) is 1. The molecule has 0 heterocycles. The van der Waals surface area contributed by atoms with E-state index in [4.69, 9.17) is 4.74 Å². The highest BCUT2D eigenvalue weighted by Crippen LogP contribution is 2.22. The topological polar surface area (TPSA) is 26.3 Å². The summed E-state index contributed by atoms with van der Waals surface area (Å²) in [5, 5.41) is 0. The highest BCUT2D eigenvalue weighted by Gasteiger charge is 2.11. The van der Waals surface area contributed by atoms with Crippen molar-refractivity contribution in [3.05, 3.63) is 32.7 Å². The quantitative estimate of drug-likeness (QED) is 0.782. The van der Waals surface area contributed by atoms with Crippen LogP contribution in [0.2, 0.25) is 0 Å². The molecule has 0 fully saturated rings. The molecule has 15 heavy (non-hydrogen) atoms. The third-order valence-electron chi connectivity index (χ3n) is 1.78. The van der Waals surface area contributed by atoms with Gasteiger partial charge < -0.3 is 4.74 Å². The second kappa shape index (κ2) is 5.77. The van der Waals surface area contributed by atoms with Gasteiger partial charge in [-0.15, -0.1) is 0 Å². The predicted octanol–water partition coefficient (Wildman–Crippen LogP) is 3.82. The minimum Gasteiger partial charge on any atom is -0.371 e. The zero-order valence-electron chi connectivity index (χ0n) is 8.59. The number of ketones is 1. The minimum atomic E-state index is -0.0168. The first-order chi connectivity index (χ1) is 7.00. The molecule has 0 aromatic heterocycles. The van der Waals surface area contributed by atoms with Gasteiger partial charge in [0.1, 0.15) is 6.61 Å². The number of ether oxygens (including phenoxy) is 1. The van der Waals surface area contributed by atoms with Crippen LogP contribution < -0.4 is 0 Å². The van der Waals surface area contributed by atoms with Crippen molar-refractivity contribution < 1.29 is 9.53 Å². The first-order valence-corrected chi connectivity index (χ1v) is 6.19. The van der Waals surface area contributed by atoms with E-state index in [1.807, 2.05) is 26.0 Å². The number of carbonyl (C=O) groups is 1. The highest BCUT2D eigenvalue weighted by atomic mass is 79.9. The summed E-state index contributed by atoms with van der Waals surface area (Å²) in [6.45, 7) is 3.93. The van der Waals surface area contributed by atoms with Crippen LogP contribution in [0.15, 0.2) is 27.1 Å². The first-order valence-electron chi connectivity index (χ1n) is 4.60. The fraction of sp³-hybridized carbons (Fsp3) is 0.364. The zero-order valence-corrected chi connectivity index (χ0v) is 11.8. The molecule has 0 aliphatic heterocycles.